The monoisotopic (exact) mass is 352 g/mol. The van der Waals surface area contributed by atoms with Gasteiger partial charge >= 0.3 is 12.3 Å². The van der Waals surface area contributed by atoms with E-state index in [2.05, 4.69) is 10.1 Å². The first-order valence-electron chi connectivity index (χ1n) is 6.72. The first-order valence-corrected chi connectivity index (χ1v) is 7.10. The minimum atomic E-state index is -4.66. The van der Waals surface area contributed by atoms with Crippen molar-refractivity contribution in [3.05, 3.63) is 28.8 Å². The lowest BCUT2D eigenvalue weighted by Crippen LogP contribution is -2.38. The van der Waals surface area contributed by atoms with Gasteiger partial charge in [-0.25, -0.2) is 4.79 Å². The molecule has 0 saturated carbocycles. The molecule has 0 saturated heterocycles. The number of anilines is 1. The predicted octanol–water partition coefficient (Wildman–Crippen LogP) is 3.46. The molecule has 2 amide bonds. The molecule has 0 aliphatic carbocycles. The third-order valence-corrected chi connectivity index (χ3v) is 3.05. The molecule has 0 bridgehead atoms. The first-order chi connectivity index (χ1) is 10.7. The van der Waals surface area contributed by atoms with Gasteiger partial charge in [0.15, 0.2) is 0 Å². The number of alkyl halides is 3. The summed E-state index contributed by atoms with van der Waals surface area (Å²) in [6.45, 7) is 2.72. The van der Waals surface area contributed by atoms with Gasteiger partial charge < -0.3 is 15.0 Å². The number of carbonyl (C=O) groups is 2. The summed E-state index contributed by atoms with van der Waals surface area (Å²) in [6, 6.07) is 3.14. The molecule has 0 spiro atoms. The van der Waals surface area contributed by atoms with Gasteiger partial charge in [0, 0.05) is 25.0 Å². The summed E-state index contributed by atoms with van der Waals surface area (Å²) in [5.41, 5.74) is -1.34. The molecule has 128 valence electrons. The van der Waals surface area contributed by atoms with E-state index in [9.17, 15) is 22.8 Å². The quantitative estimate of drug-likeness (QED) is 0.883. The van der Waals surface area contributed by atoms with Crippen LogP contribution in [0.1, 0.15) is 19.4 Å². The van der Waals surface area contributed by atoms with Gasteiger partial charge in [-0.15, -0.1) is 0 Å². The second-order valence-electron chi connectivity index (χ2n) is 4.48. The lowest BCUT2D eigenvalue weighted by molar-refractivity contribution is -0.137. The molecule has 23 heavy (non-hydrogen) atoms. The van der Waals surface area contributed by atoms with Gasteiger partial charge in [0.05, 0.1) is 17.9 Å². The predicted molar refractivity (Wildman–Crippen MR) is 79.5 cm³/mol. The molecule has 0 fully saturated rings. The molecule has 0 aliphatic rings. The number of nitrogens with zero attached hydrogens (tertiary/aromatic N) is 1. The number of amides is 2. The van der Waals surface area contributed by atoms with Gasteiger partial charge in [0.2, 0.25) is 5.91 Å². The Morgan fingerprint density at radius 2 is 2.00 bits per heavy atom. The van der Waals surface area contributed by atoms with Gasteiger partial charge in [0.1, 0.15) is 0 Å². The van der Waals surface area contributed by atoms with E-state index < -0.39 is 23.7 Å². The summed E-state index contributed by atoms with van der Waals surface area (Å²) >= 11 is 5.61. The number of nitrogens with one attached hydrogen (secondary N) is 1. The van der Waals surface area contributed by atoms with Crippen molar-refractivity contribution in [1.82, 2.24) is 5.32 Å². The van der Waals surface area contributed by atoms with E-state index in [1.54, 1.807) is 6.92 Å². The lowest BCUT2D eigenvalue weighted by Gasteiger charge is -2.25. The van der Waals surface area contributed by atoms with Crippen LogP contribution in [0.15, 0.2) is 18.2 Å². The number of rotatable bonds is 5. The molecule has 1 aromatic carbocycles. The van der Waals surface area contributed by atoms with Crippen molar-refractivity contribution in [1.29, 1.82) is 0 Å². The van der Waals surface area contributed by atoms with E-state index in [-0.39, 0.29) is 30.4 Å². The Kier molecular flexibility index (Phi) is 6.68. The van der Waals surface area contributed by atoms with Crippen LogP contribution in [0, 0.1) is 0 Å². The number of ether oxygens (including phenoxy) is 1. The molecule has 1 rings (SSSR count). The lowest BCUT2D eigenvalue weighted by atomic mass is 10.1. The molecule has 5 nitrogen and oxygen atoms in total. The van der Waals surface area contributed by atoms with Crippen molar-refractivity contribution in [2.45, 2.75) is 20.0 Å². The van der Waals surface area contributed by atoms with Crippen LogP contribution in [0.3, 0.4) is 0 Å². The number of halogens is 4. The maximum atomic E-state index is 13.1. The summed E-state index contributed by atoms with van der Waals surface area (Å²) < 4.78 is 44.0. The van der Waals surface area contributed by atoms with E-state index in [1.807, 2.05) is 0 Å². The Morgan fingerprint density at radius 3 is 2.52 bits per heavy atom. The van der Waals surface area contributed by atoms with Crippen LogP contribution < -0.4 is 10.2 Å². The van der Waals surface area contributed by atoms with Crippen LogP contribution in [0.5, 0.6) is 0 Å². The Bertz CT molecular complexity index is 579. The fraction of sp³-hybridized carbons (Fsp3) is 0.429. The average molecular weight is 353 g/mol. The van der Waals surface area contributed by atoms with Crippen molar-refractivity contribution < 1.29 is 27.5 Å². The number of hydrogen-bond donors (Lipinski definition) is 1. The number of carbonyl (C=O) groups excluding carboxylic acids is 2. The summed E-state index contributed by atoms with van der Waals surface area (Å²) in [6.07, 6.45) is -5.37. The summed E-state index contributed by atoms with van der Waals surface area (Å²) in [5.74, 6) is -0.594. The molecule has 0 aliphatic heterocycles. The highest BCUT2D eigenvalue weighted by atomic mass is 35.5. The molecule has 0 heterocycles. The van der Waals surface area contributed by atoms with Crippen LogP contribution in [0.2, 0.25) is 5.02 Å². The largest absolute Gasteiger partial charge is 0.450 e. The van der Waals surface area contributed by atoms with E-state index in [4.69, 9.17) is 11.6 Å². The highest BCUT2D eigenvalue weighted by Crippen LogP contribution is 2.38. The van der Waals surface area contributed by atoms with Crippen molar-refractivity contribution in [3.63, 3.8) is 0 Å². The molecule has 0 aromatic heterocycles. The van der Waals surface area contributed by atoms with Gasteiger partial charge in [-0.2, -0.15) is 13.2 Å². The maximum absolute atomic E-state index is 13.1. The summed E-state index contributed by atoms with van der Waals surface area (Å²) in [4.78, 5) is 23.8. The average Bonchev–Trinajstić information content (AvgIpc) is 2.43. The van der Waals surface area contributed by atoms with Crippen LogP contribution in [-0.4, -0.2) is 31.7 Å². The van der Waals surface area contributed by atoms with E-state index >= 15 is 0 Å². The molecule has 0 radical (unpaired) electrons. The van der Waals surface area contributed by atoms with E-state index in [0.717, 1.165) is 24.0 Å². The van der Waals surface area contributed by atoms with Crippen LogP contribution in [0.25, 0.3) is 0 Å². The smallest absolute Gasteiger partial charge is 0.418 e. The third-order valence-electron chi connectivity index (χ3n) is 2.82. The van der Waals surface area contributed by atoms with E-state index in [1.165, 1.54) is 6.07 Å². The fourth-order valence-electron chi connectivity index (χ4n) is 1.87. The van der Waals surface area contributed by atoms with Gasteiger partial charge in [0.25, 0.3) is 0 Å². The minimum Gasteiger partial charge on any atom is -0.450 e. The second-order valence-corrected chi connectivity index (χ2v) is 4.91. The SMILES string of the molecule is CCOC(=O)NCCN(C(C)=O)c1ccc(Cl)cc1C(F)(F)F. The molecule has 1 N–H and O–H groups in total. The van der Waals surface area contributed by atoms with Gasteiger partial charge in [-0.05, 0) is 25.1 Å². The Labute approximate surface area is 136 Å². The Morgan fingerprint density at radius 1 is 1.35 bits per heavy atom. The Hall–Kier alpha value is -1.96. The van der Waals surface area contributed by atoms with Gasteiger partial charge in [-0.1, -0.05) is 11.6 Å². The maximum Gasteiger partial charge on any atom is 0.418 e. The van der Waals surface area contributed by atoms with Crippen molar-refractivity contribution >= 4 is 29.3 Å². The number of benzene rings is 1. The molecular weight excluding hydrogens is 337 g/mol. The summed E-state index contributed by atoms with van der Waals surface area (Å²) in [5, 5.41) is 2.26. The zero-order valence-electron chi connectivity index (χ0n) is 12.5. The first kappa shape index (κ1) is 19.1. The molecule has 0 unspecified atom stereocenters. The standard InChI is InChI=1S/C14H16ClF3N2O3/c1-3-23-13(22)19-6-7-20(9(2)21)12-5-4-10(15)8-11(12)14(16,17)18/h4-5,8H,3,6-7H2,1-2H3,(H,19,22). The minimum absolute atomic E-state index is 0.0572. The van der Waals surface area contributed by atoms with Gasteiger partial charge in [-0.3, -0.25) is 4.79 Å². The molecule has 0 atom stereocenters. The topological polar surface area (TPSA) is 58.6 Å². The Balaban J connectivity index is 2.98. The highest BCUT2D eigenvalue weighted by Gasteiger charge is 2.35. The number of alkyl carbamates (subject to hydrolysis) is 1. The zero-order valence-corrected chi connectivity index (χ0v) is 13.3. The highest BCUT2D eigenvalue weighted by molar-refractivity contribution is 6.30. The zero-order chi connectivity index (χ0) is 17.6. The van der Waals surface area contributed by atoms with Crippen molar-refractivity contribution in [2.24, 2.45) is 0 Å². The van der Waals surface area contributed by atoms with Crippen LogP contribution >= 0.6 is 11.6 Å². The van der Waals surface area contributed by atoms with E-state index in [0.29, 0.717) is 0 Å². The van der Waals surface area contributed by atoms with Crippen LogP contribution in [0.4, 0.5) is 23.7 Å². The molecule has 9 heteroatoms. The van der Waals surface area contributed by atoms with Crippen molar-refractivity contribution in [2.75, 3.05) is 24.6 Å². The van der Waals surface area contributed by atoms with Crippen molar-refractivity contribution in [3.8, 4) is 0 Å². The fourth-order valence-corrected chi connectivity index (χ4v) is 2.04. The summed E-state index contributed by atoms with van der Waals surface area (Å²) in [7, 11) is 0. The molecule has 1 aromatic rings. The number of hydrogen-bond acceptors (Lipinski definition) is 3. The third kappa shape index (κ3) is 5.63. The second kappa shape index (κ2) is 8.05. The molecular formula is C14H16ClF3N2O3. The normalized spacial score (nSPS) is 11.0. The van der Waals surface area contributed by atoms with Crippen LogP contribution in [-0.2, 0) is 15.7 Å².